The number of allylic oxidation sites excluding steroid dienone is 1. The number of benzene rings is 1. The van der Waals surface area contributed by atoms with E-state index in [2.05, 4.69) is 0 Å². The summed E-state index contributed by atoms with van der Waals surface area (Å²) in [6.45, 7) is 0. The van der Waals surface area contributed by atoms with E-state index in [0.29, 0.717) is 24.2 Å². The lowest BCUT2D eigenvalue weighted by Crippen LogP contribution is -2.28. The maximum Gasteiger partial charge on any atom is 0.306 e. The Morgan fingerprint density at radius 1 is 1.35 bits per heavy atom. The molecule has 0 fully saturated rings. The quantitative estimate of drug-likeness (QED) is 0.299. The topological polar surface area (TPSA) is 124 Å². The maximum atomic E-state index is 11.5. The predicted molar refractivity (Wildman–Crippen MR) is 97.7 cm³/mol. The average Bonchev–Trinajstić information content (AvgIpc) is 2.59. The van der Waals surface area contributed by atoms with Gasteiger partial charge < -0.3 is 5.11 Å². The maximum absolute atomic E-state index is 11.5. The van der Waals surface area contributed by atoms with Crippen LogP contribution >= 0.6 is 23.4 Å². The van der Waals surface area contributed by atoms with Gasteiger partial charge in [-0.15, -0.1) is 23.4 Å². The molecule has 0 saturated carbocycles. The number of aliphatic carboxylic acids is 1. The second-order valence-electron chi connectivity index (χ2n) is 5.90. The van der Waals surface area contributed by atoms with Gasteiger partial charge in [0.15, 0.2) is 0 Å². The van der Waals surface area contributed by atoms with Crippen LogP contribution in [0.3, 0.4) is 0 Å². The Kier molecular flexibility index (Phi) is 6.98. The molecule has 0 radical (unpaired) electrons. The number of thioether (sulfide) groups is 1. The lowest BCUT2D eigenvalue weighted by atomic mass is 9.81. The van der Waals surface area contributed by atoms with E-state index in [9.17, 15) is 30.1 Å². The van der Waals surface area contributed by atoms with Gasteiger partial charge in [0.25, 0.3) is 11.4 Å². The number of non-ortho nitro benzene ring substituents is 1. The largest absolute Gasteiger partial charge is 0.481 e. The molecule has 2 rings (SSSR count). The molecule has 0 amide bonds. The van der Waals surface area contributed by atoms with Crippen LogP contribution in [0.1, 0.15) is 19.3 Å². The van der Waals surface area contributed by atoms with Gasteiger partial charge in [0, 0.05) is 17.2 Å². The van der Waals surface area contributed by atoms with Gasteiger partial charge >= 0.3 is 5.97 Å². The van der Waals surface area contributed by atoms with Gasteiger partial charge in [-0.2, -0.15) is 0 Å². The fourth-order valence-electron chi connectivity index (χ4n) is 3.00. The molecule has 140 valence electrons. The van der Waals surface area contributed by atoms with Gasteiger partial charge in [-0.1, -0.05) is 12.2 Å². The summed E-state index contributed by atoms with van der Waals surface area (Å²) in [5.41, 5.74) is -0.665. The molecule has 1 aliphatic rings. The first-order chi connectivity index (χ1) is 12.3. The predicted octanol–water partition coefficient (Wildman–Crippen LogP) is 4.26. The highest BCUT2D eigenvalue weighted by atomic mass is 35.5. The average molecular weight is 401 g/mol. The molecule has 0 bridgehead atoms. The Labute approximate surface area is 158 Å². The molecule has 0 spiro atoms. The fourth-order valence-corrected chi connectivity index (χ4v) is 4.49. The number of rotatable bonds is 8. The van der Waals surface area contributed by atoms with Crippen LogP contribution in [0.4, 0.5) is 11.4 Å². The standard InChI is InChI=1S/C16H17ClN2O6S/c17-7-6-13(16(20)21)10-2-1-3-12(8-10)26-15-5-4-11(18(22)23)9-14(15)19(24)25/h1,3-5,9-10,12-13H,2,6-8H2,(H,20,21). The summed E-state index contributed by atoms with van der Waals surface area (Å²) in [6, 6.07) is 3.54. The van der Waals surface area contributed by atoms with Crippen molar-refractivity contribution in [2.24, 2.45) is 11.8 Å². The Morgan fingerprint density at radius 3 is 2.65 bits per heavy atom. The molecule has 3 unspecified atom stereocenters. The van der Waals surface area contributed by atoms with Gasteiger partial charge in [-0.25, -0.2) is 0 Å². The summed E-state index contributed by atoms with van der Waals surface area (Å²) in [4.78, 5) is 32.5. The summed E-state index contributed by atoms with van der Waals surface area (Å²) in [5.74, 6) is -1.31. The Morgan fingerprint density at radius 2 is 2.08 bits per heavy atom. The number of carboxylic acid groups (broad SMARTS) is 1. The van der Waals surface area contributed by atoms with Crippen LogP contribution < -0.4 is 0 Å². The van der Waals surface area contributed by atoms with E-state index >= 15 is 0 Å². The van der Waals surface area contributed by atoms with Crippen molar-refractivity contribution < 1.29 is 19.7 Å². The first-order valence-electron chi connectivity index (χ1n) is 7.88. The third kappa shape index (κ3) is 4.95. The van der Waals surface area contributed by atoms with Crippen molar-refractivity contribution >= 4 is 40.7 Å². The fraction of sp³-hybridized carbons (Fsp3) is 0.438. The number of nitrogens with zero attached hydrogens (tertiary/aromatic N) is 2. The minimum Gasteiger partial charge on any atom is -0.481 e. The van der Waals surface area contributed by atoms with Crippen LogP contribution in [-0.4, -0.2) is 32.1 Å². The molecule has 1 aromatic carbocycles. The Hall–Kier alpha value is -2.13. The van der Waals surface area contributed by atoms with Crippen molar-refractivity contribution in [1.82, 2.24) is 0 Å². The molecule has 26 heavy (non-hydrogen) atoms. The number of hydrogen-bond donors (Lipinski definition) is 1. The molecule has 0 aliphatic heterocycles. The molecule has 0 heterocycles. The molecule has 1 aromatic rings. The van der Waals surface area contributed by atoms with Crippen molar-refractivity contribution in [3.8, 4) is 0 Å². The molecule has 1 aliphatic carbocycles. The van der Waals surface area contributed by atoms with Gasteiger partial charge in [-0.3, -0.25) is 25.0 Å². The number of carboxylic acids is 1. The highest BCUT2D eigenvalue weighted by molar-refractivity contribution is 8.00. The summed E-state index contributed by atoms with van der Waals surface area (Å²) in [7, 11) is 0. The third-order valence-corrected chi connectivity index (χ3v) is 5.73. The van der Waals surface area contributed by atoms with E-state index in [-0.39, 0.29) is 28.4 Å². The van der Waals surface area contributed by atoms with Crippen molar-refractivity contribution in [2.75, 3.05) is 5.88 Å². The van der Waals surface area contributed by atoms with Crippen LogP contribution in [0.5, 0.6) is 0 Å². The number of carbonyl (C=O) groups is 1. The van der Waals surface area contributed by atoms with Crippen LogP contribution in [-0.2, 0) is 4.79 Å². The van der Waals surface area contributed by atoms with Crippen LogP contribution in [0, 0.1) is 32.1 Å². The molecule has 1 N–H and O–H groups in total. The molecule has 3 atom stereocenters. The zero-order valence-corrected chi connectivity index (χ0v) is 15.2. The van der Waals surface area contributed by atoms with E-state index in [4.69, 9.17) is 11.6 Å². The third-order valence-electron chi connectivity index (χ3n) is 4.26. The summed E-state index contributed by atoms with van der Waals surface area (Å²) in [5, 5.41) is 31.3. The number of halogens is 1. The summed E-state index contributed by atoms with van der Waals surface area (Å²) >= 11 is 6.92. The van der Waals surface area contributed by atoms with Crippen molar-refractivity contribution in [3.05, 3.63) is 50.6 Å². The molecular weight excluding hydrogens is 384 g/mol. The monoisotopic (exact) mass is 400 g/mol. The van der Waals surface area contributed by atoms with E-state index in [1.807, 2.05) is 12.2 Å². The van der Waals surface area contributed by atoms with Crippen molar-refractivity contribution in [1.29, 1.82) is 0 Å². The lowest BCUT2D eigenvalue weighted by Gasteiger charge is -2.28. The van der Waals surface area contributed by atoms with E-state index < -0.39 is 21.7 Å². The summed E-state index contributed by atoms with van der Waals surface area (Å²) < 4.78 is 0. The molecule has 0 aromatic heterocycles. The Balaban J connectivity index is 2.19. The SMILES string of the molecule is O=C(O)C(CCCl)C1CC=CC(Sc2ccc([N+](=O)[O-])cc2[N+](=O)[O-])C1. The van der Waals surface area contributed by atoms with Gasteiger partial charge in [0.1, 0.15) is 0 Å². The smallest absolute Gasteiger partial charge is 0.306 e. The zero-order chi connectivity index (χ0) is 19.3. The van der Waals surface area contributed by atoms with E-state index in [1.54, 1.807) is 0 Å². The number of alkyl halides is 1. The number of hydrogen-bond acceptors (Lipinski definition) is 6. The molecule has 10 heteroatoms. The normalized spacial score (nSPS) is 20.5. The van der Waals surface area contributed by atoms with E-state index in [0.717, 1.165) is 6.07 Å². The molecular formula is C16H17ClN2O6S. The van der Waals surface area contributed by atoms with Gasteiger partial charge in [0.2, 0.25) is 0 Å². The van der Waals surface area contributed by atoms with Gasteiger partial charge in [-0.05, 0) is 31.2 Å². The molecule has 8 nitrogen and oxygen atoms in total. The second-order valence-corrected chi connectivity index (χ2v) is 7.56. The second kappa shape index (κ2) is 9.00. The van der Waals surface area contributed by atoms with Crippen molar-refractivity contribution in [2.45, 2.75) is 29.4 Å². The minimum atomic E-state index is -0.893. The number of nitro benzene ring substituents is 2. The first kappa shape index (κ1) is 20.2. The highest BCUT2D eigenvalue weighted by Crippen LogP contribution is 2.40. The molecule has 0 saturated heterocycles. The summed E-state index contributed by atoms with van der Waals surface area (Å²) in [6.07, 6.45) is 5.31. The lowest BCUT2D eigenvalue weighted by molar-refractivity contribution is -0.396. The van der Waals surface area contributed by atoms with Crippen molar-refractivity contribution in [3.63, 3.8) is 0 Å². The number of nitro groups is 2. The highest BCUT2D eigenvalue weighted by Gasteiger charge is 2.32. The zero-order valence-electron chi connectivity index (χ0n) is 13.6. The van der Waals surface area contributed by atoms with E-state index in [1.165, 1.54) is 23.9 Å². The first-order valence-corrected chi connectivity index (χ1v) is 9.29. The minimum absolute atomic E-state index is 0.106. The van der Waals surface area contributed by atoms with Crippen LogP contribution in [0.15, 0.2) is 35.2 Å². The van der Waals surface area contributed by atoms with Crippen LogP contribution in [0.25, 0.3) is 0 Å². The van der Waals surface area contributed by atoms with Crippen LogP contribution in [0.2, 0.25) is 0 Å². The Bertz CT molecular complexity index is 741. The van der Waals surface area contributed by atoms with Gasteiger partial charge in [0.05, 0.1) is 26.7 Å².